The molecular weight excluding hydrogens is 302 g/mol. The van der Waals surface area contributed by atoms with Crippen molar-refractivity contribution in [3.8, 4) is 0 Å². The van der Waals surface area contributed by atoms with Crippen molar-refractivity contribution in [2.45, 2.75) is 65.0 Å². The molecule has 1 aliphatic carbocycles. The van der Waals surface area contributed by atoms with Gasteiger partial charge in [0.05, 0.1) is 22.4 Å². The largest absolute Gasteiger partial charge is 0.309 e. The number of hydrogen-bond donors (Lipinski definition) is 1. The second-order valence-electron chi connectivity index (χ2n) is 5.60. The van der Waals surface area contributed by atoms with Gasteiger partial charge in [0.1, 0.15) is 0 Å². The van der Waals surface area contributed by atoms with Crippen molar-refractivity contribution in [1.29, 1.82) is 0 Å². The highest BCUT2D eigenvalue weighted by atomic mass is 79.9. The maximum Gasteiger partial charge on any atom is 0.0695 e. The minimum atomic E-state index is 0.441. The predicted octanol–water partition coefficient (Wildman–Crippen LogP) is 4.29. The lowest BCUT2D eigenvalue weighted by Gasteiger charge is -2.23. The zero-order valence-electron chi connectivity index (χ0n) is 12.2. The molecule has 0 radical (unpaired) electrons. The van der Waals surface area contributed by atoms with E-state index in [1.807, 2.05) is 6.20 Å². The highest BCUT2D eigenvalue weighted by molar-refractivity contribution is 9.10. The zero-order chi connectivity index (χ0) is 13.7. The third-order valence-corrected chi connectivity index (χ3v) is 4.70. The van der Waals surface area contributed by atoms with E-state index in [-0.39, 0.29) is 0 Å². The lowest BCUT2D eigenvalue weighted by molar-refractivity contribution is 0.377. The fraction of sp³-hybridized carbons (Fsp3) is 0.800. The molecule has 0 aromatic carbocycles. The summed E-state index contributed by atoms with van der Waals surface area (Å²) in [5, 5.41) is 8.17. The molecule has 0 spiro atoms. The smallest absolute Gasteiger partial charge is 0.0695 e. The monoisotopic (exact) mass is 327 g/mol. The van der Waals surface area contributed by atoms with Crippen LogP contribution in [0.2, 0.25) is 0 Å². The van der Waals surface area contributed by atoms with Crippen LogP contribution < -0.4 is 5.32 Å². The number of nitrogens with one attached hydrogen (secondary N) is 1. The van der Waals surface area contributed by atoms with Gasteiger partial charge in [-0.05, 0) is 41.2 Å². The Bertz CT molecular complexity index is 383. The van der Waals surface area contributed by atoms with Gasteiger partial charge < -0.3 is 5.32 Å². The Morgan fingerprint density at radius 3 is 2.79 bits per heavy atom. The van der Waals surface area contributed by atoms with E-state index in [4.69, 9.17) is 0 Å². The third kappa shape index (κ3) is 3.82. The van der Waals surface area contributed by atoms with Crippen molar-refractivity contribution in [2.75, 3.05) is 6.54 Å². The predicted molar refractivity (Wildman–Crippen MR) is 83.2 cm³/mol. The van der Waals surface area contributed by atoms with Crippen LogP contribution in [0.25, 0.3) is 0 Å². The minimum Gasteiger partial charge on any atom is -0.309 e. The quantitative estimate of drug-likeness (QED) is 0.809. The average molecular weight is 328 g/mol. The summed E-state index contributed by atoms with van der Waals surface area (Å²) in [6.07, 6.45) is 9.97. The summed E-state index contributed by atoms with van der Waals surface area (Å²) in [6.45, 7) is 6.42. The van der Waals surface area contributed by atoms with Crippen molar-refractivity contribution in [2.24, 2.45) is 5.92 Å². The maximum absolute atomic E-state index is 4.51. The normalized spacial score (nSPS) is 18.1. The van der Waals surface area contributed by atoms with Gasteiger partial charge in [0.25, 0.3) is 0 Å². The van der Waals surface area contributed by atoms with Crippen LogP contribution in [0.5, 0.6) is 0 Å². The maximum atomic E-state index is 4.51. The van der Waals surface area contributed by atoms with Gasteiger partial charge >= 0.3 is 0 Å². The summed E-state index contributed by atoms with van der Waals surface area (Å²) < 4.78 is 3.33. The minimum absolute atomic E-state index is 0.441. The fourth-order valence-corrected chi connectivity index (χ4v) is 3.80. The van der Waals surface area contributed by atoms with E-state index in [1.165, 1.54) is 37.8 Å². The Labute approximate surface area is 125 Å². The van der Waals surface area contributed by atoms with Crippen LogP contribution in [0.4, 0.5) is 0 Å². The van der Waals surface area contributed by atoms with Gasteiger partial charge in [0.15, 0.2) is 0 Å². The van der Waals surface area contributed by atoms with Gasteiger partial charge in [-0.25, -0.2) is 0 Å². The molecule has 0 aliphatic heterocycles. The summed E-state index contributed by atoms with van der Waals surface area (Å²) in [5.41, 5.74) is 1.34. The first kappa shape index (κ1) is 15.0. The highest BCUT2D eigenvalue weighted by Crippen LogP contribution is 2.35. The molecule has 1 aromatic rings. The standard InChI is InChI=1S/C15H26BrN3/c1-3-9-19-15(13(16)11-18-19)14(17-4-2)10-12-7-5-6-8-12/h11-12,14,17H,3-10H2,1-2H3. The van der Waals surface area contributed by atoms with Gasteiger partial charge in [-0.1, -0.05) is 39.5 Å². The molecule has 1 N–H and O–H groups in total. The molecule has 0 saturated heterocycles. The van der Waals surface area contributed by atoms with Crippen LogP contribution in [0.15, 0.2) is 10.7 Å². The van der Waals surface area contributed by atoms with E-state index < -0.39 is 0 Å². The molecule has 0 amide bonds. The SMILES string of the molecule is CCCn1ncc(Br)c1C(CC1CCCC1)NCC. The van der Waals surface area contributed by atoms with Crippen LogP contribution in [0.1, 0.15) is 64.1 Å². The first-order chi connectivity index (χ1) is 9.26. The zero-order valence-corrected chi connectivity index (χ0v) is 13.7. The summed E-state index contributed by atoms with van der Waals surface area (Å²) in [4.78, 5) is 0. The molecule has 1 aliphatic rings. The molecule has 1 heterocycles. The first-order valence-corrected chi connectivity index (χ1v) is 8.50. The van der Waals surface area contributed by atoms with Gasteiger partial charge in [-0.15, -0.1) is 0 Å². The summed E-state index contributed by atoms with van der Waals surface area (Å²) in [5.74, 6) is 0.890. The van der Waals surface area contributed by atoms with Crippen molar-refractivity contribution in [3.05, 3.63) is 16.4 Å². The topological polar surface area (TPSA) is 29.9 Å². The molecule has 1 aromatic heterocycles. The third-order valence-electron chi connectivity index (χ3n) is 4.09. The van der Waals surface area contributed by atoms with Gasteiger partial charge in [0, 0.05) is 6.54 Å². The Balaban J connectivity index is 2.14. The van der Waals surface area contributed by atoms with Gasteiger partial charge in [-0.2, -0.15) is 5.10 Å². The Morgan fingerprint density at radius 2 is 2.16 bits per heavy atom. The summed E-state index contributed by atoms with van der Waals surface area (Å²) in [6, 6.07) is 0.441. The molecular formula is C15H26BrN3. The number of hydrogen-bond acceptors (Lipinski definition) is 2. The number of aryl methyl sites for hydroxylation is 1. The fourth-order valence-electron chi connectivity index (χ4n) is 3.23. The second kappa shape index (κ2) is 7.44. The highest BCUT2D eigenvalue weighted by Gasteiger charge is 2.24. The molecule has 4 heteroatoms. The van der Waals surface area contributed by atoms with E-state index in [2.05, 4.69) is 44.9 Å². The Kier molecular flexibility index (Phi) is 5.89. The second-order valence-corrected chi connectivity index (χ2v) is 6.45. The van der Waals surface area contributed by atoms with E-state index in [0.717, 1.165) is 29.9 Å². The van der Waals surface area contributed by atoms with Crippen molar-refractivity contribution >= 4 is 15.9 Å². The lowest BCUT2D eigenvalue weighted by Crippen LogP contribution is -2.26. The van der Waals surface area contributed by atoms with Gasteiger partial charge in [0.2, 0.25) is 0 Å². The number of nitrogens with zero attached hydrogens (tertiary/aromatic N) is 2. The van der Waals surface area contributed by atoms with E-state index in [9.17, 15) is 0 Å². The molecule has 0 bridgehead atoms. The first-order valence-electron chi connectivity index (χ1n) is 7.70. The number of rotatable bonds is 7. The summed E-state index contributed by atoms with van der Waals surface area (Å²) >= 11 is 3.68. The van der Waals surface area contributed by atoms with Crippen LogP contribution in [0, 0.1) is 5.92 Å². The van der Waals surface area contributed by atoms with Crippen molar-refractivity contribution in [3.63, 3.8) is 0 Å². The average Bonchev–Trinajstić information content (AvgIpc) is 3.00. The summed E-state index contributed by atoms with van der Waals surface area (Å²) in [7, 11) is 0. The van der Waals surface area contributed by atoms with E-state index in [1.54, 1.807) is 0 Å². The lowest BCUT2D eigenvalue weighted by atomic mass is 9.96. The van der Waals surface area contributed by atoms with Crippen molar-refractivity contribution < 1.29 is 0 Å². The Hall–Kier alpha value is -0.350. The van der Waals surface area contributed by atoms with Crippen LogP contribution in [-0.4, -0.2) is 16.3 Å². The molecule has 1 fully saturated rings. The molecule has 19 heavy (non-hydrogen) atoms. The molecule has 1 atom stereocenters. The van der Waals surface area contributed by atoms with E-state index in [0.29, 0.717) is 6.04 Å². The molecule has 3 nitrogen and oxygen atoms in total. The van der Waals surface area contributed by atoms with Gasteiger partial charge in [-0.3, -0.25) is 4.68 Å². The van der Waals surface area contributed by atoms with Crippen LogP contribution in [0.3, 0.4) is 0 Å². The van der Waals surface area contributed by atoms with Crippen LogP contribution >= 0.6 is 15.9 Å². The van der Waals surface area contributed by atoms with Crippen LogP contribution in [-0.2, 0) is 6.54 Å². The number of halogens is 1. The molecule has 1 unspecified atom stereocenters. The Morgan fingerprint density at radius 1 is 1.42 bits per heavy atom. The molecule has 108 valence electrons. The van der Waals surface area contributed by atoms with E-state index >= 15 is 0 Å². The molecule has 1 saturated carbocycles. The number of aromatic nitrogens is 2. The van der Waals surface area contributed by atoms with Crippen molar-refractivity contribution in [1.82, 2.24) is 15.1 Å². The molecule has 2 rings (SSSR count).